The lowest BCUT2D eigenvalue weighted by Crippen LogP contribution is -2.43. The summed E-state index contributed by atoms with van der Waals surface area (Å²) in [5.74, 6) is 0.809. The summed E-state index contributed by atoms with van der Waals surface area (Å²) in [5, 5.41) is 0.665. The maximum absolute atomic E-state index is 13.9. The molecule has 0 spiro atoms. The molecule has 0 bridgehead atoms. The van der Waals surface area contributed by atoms with E-state index in [-0.39, 0.29) is 11.6 Å². The Morgan fingerprint density at radius 3 is 2.44 bits per heavy atom. The number of hydrogen-bond acceptors (Lipinski definition) is 5. The van der Waals surface area contributed by atoms with Gasteiger partial charge in [0, 0.05) is 42.2 Å². The number of piperazine rings is 1. The molecule has 1 fully saturated rings. The number of aromatic amines is 1. The molecule has 1 N–H and O–H groups in total. The fourth-order valence-corrected chi connectivity index (χ4v) is 5.13. The number of imidazole rings is 1. The van der Waals surface area contributed by atoms with E-state index in [1.165, 1.54) is 18.3 Å². The zero-order valence-electron chi connectivity index (χ0n) is 17.8. The SMILES string of the molecule is Fc1ccc(N2CCN(Sc3cc(-c4ncc(-c5ccc(Br)c(F)c5)[nH]4)ccc3Cl)CC2)nc1. The van der Waals surface area contributed by atoms with E-state index in [2.05, 4.69) is 40.1 Å². The van der Waals surface area contributed by atoms with Crippen LogP contribution in [-0.4, -0.2) is 45.4 Å². The van der Waals surface area contributed by atoms with Gasteiger partial charge in [-0.2, -0.15) is 0 Å². The van der Waals surface area contributed by atoms with Crippen LogP contribution in [0.2, 0.25) is 5.02 Å². The number of nitrogens with one attached hydrogen (secondary N) is 1. The average Bonchev–Trinajstić information content (AvgIpc) is 3.34. The molecule has 0 saturated carbocycles. The van der Waals surface area contributed by atoms with Crippen molar-refractivity contribution in [2.45, 2.75) is 4.90 Å². The largest absolute Gasteiger partial charge is 0.354 e. The number of H-pyrrole nitrogens is 1. The van der Waals surface area contributed by atoms with Gasteiger partial charge in [0.15, 0.2) is 0 Å². The number of benzene rings is 2. The van der Waals surface area contributed by atoms with Gasteiger partial charge in [-0.3, -0.25) is 0 Å². The number of pyridine rings is 1. The zero-order valence-corrected chi connectivity index (χ0v) is 21.0. The Balaban J connectivity index is 1.28. The van der Waals surface area contributed by atoms with Crippen LogP contribution in [0.1, 0.15) is 0 Å². The molecule has 5 rings (SSSR count). The average molecular weight is 563 g/mol. The molecule has 0 amide bonds. The Morgan fingerprint density at radius 1 is 0.912 bits per heavy atom. The summed E-state index contributed by atoms with van der Waals surface area (Å²) in [7, 11) is 0. The second-order valence-corrected chi connectivity index (χ2v) is 10.2. The third-order valence-electron chi connectivity index (χ3n) is 5.51. The summed E-state index contributed by atoms with van der Waals surface area (Å²) >= 11 is 11.3. The van der Waals surface area contributed by atoms with E-state index >= 15 is 0 Å². The number of halogens is 4. The Hall–Kier alpha value is -2.46. The predicted molar refractivity (Wildman–Crippen MR) is 136 cm³/mol. The molecule has 4 aromatic rings. The highest BCUT2D eigenvalue weighted by atomic mass is 79.9. The minimum Gasteiger partial charge on any atom is -0.354 e. The third kappa shape index (κ3) is 5.12. The van der Waals surface area contributed by atoms with Gasteiger partial charge in [0.25, 0.3) is 0 Å². The standard InChI is InChI=1S/C24H19BrClF2N5S/c25-18-4-1-15(11-20(18)28)21-14-30-24(31-21)16-2-5-19(26)22(12-16)34-33-9-7-32(8-10-33)23-6-3-17(27)13-29-23/h1-6,11-14H,7-10H2,(H,30,31). The van der Waals surface area contributed by atoms with Crippen molar-refractivity contribution in [3.63, 3.8) is 0 Å². The molecule has 0 unspecified atom stereocenters. The molecule has 5 nitrogen and oxygen atoms in total. The molecular formula is C24H19BrClF2N5S. The maximum atomic E-state index is 13.9. The van der Waals surface area contributed by atoms with Gasteiger partial charge >= 0.3 is 0 Å². The van der Waals surface area contributed by atoms with Crippen LogP contribution < -0.4 is 4.90 Å². The molecule has 0 atom stereocenters. The summed E-state index contributed by atoms with van der Waals surface area (Å²) < 4.78 is 29.7. The third-order valence-corrected chi connectivity index (χ3v) is 7.76. The number of nitrogens with zero attached hydrogens (tertiary/aromatic N) is 4. The van der Waals surface area contributed by atoms with E-state index in [1.54, 1.807) is 30.3 Å². The van der Waals surface area contributed by atoms with Crippen molar-refractivity contribution in [1.82, 2.24) is 19.3 Å². The Bertz CT molecular complexity index is 1310. The maximum Gasteiger partial charge on any atom is 0.141 e. The van der Waals surface area contributed by atoms with E-state index in [1.807, 2.05) is 24.3 Å². The van der Waals surface area contributed by atoms with Gasteiger partial charge in [-0.1, -0.05) is 17.7 Å². The van der Waals surface area contributed by atoms with Crippen molar-refractivity contribution in [1.29, 1.82) is 0 Å². The quantitative estimate of drug-likeness (QED) is 0.276. The first kappa shape index (κ1) is 23.3. The summed E-state index contributed by atoms with van der Waals surface area (Å²) in [6, 6.07) is 13.9. The first-order valence-electron chi connectivity index (χ1n) is 10.6. The van der Waals surface area contributed by atoms with Crippen LogP contribution in [0.15, 0.2) is 70.3 Å². The number of rotatable bonds is 5. The lowest BCUT2D eigenvalue weighted by molar-refractivity contribution is 0.428. The van der Waals surface area contributed by atoms with Crippen LogP contribution >= 0.6 is 39.5 Å². The van der Waals surface area contributed by atoms with E-state index in [0.717, 1.165) is 53.7 Å². The van der Waals surface area contributed by atoms with Crippen LogP contribution in [0.25, 0.3) is 22.6 Å². The van der Waals surface area contributed by atoms with Crippen LogP contribution in [0.5, 0.6) is 0 Å². The predicted octanol–water partition coefficient (Wildman–Crippen LogP) is 6.66. The Labute approximate surface area is 213 Å². The van der Waals surface area contributed by atoms with E-state index in [0.29, 0.717) is 15.3 Å². The fraction of sp³-hybridized carbons (Fsp3) is 0.167. The molecule has 3 heterocycles. The van der Waals surface area contributed by atoms with Gasteiger partial charge in [0.05, 0.1) is 27.6 Å². The Kier molecular flexibility index (Phi) is 6.87. The molecule has 1 saturated heterocycles. The fourth-order valence-electron chi connectivity index (χ4n) is 3.70. The number of anilines is 1. The molecule has 2 aromatic heterocycles. The van der Waals surface area contributed by atoms with Crippen LogP contribution in [0.3, 0.4) is 0 Å². The molecule has 0 radical (unpaired) electrons. The van der Waals surface area contributed by atoms with Crippen molar-refractivity contribution in [3.05, 3.63) is 82.1 Å². The van der Waals surface area contributed by atoms with Gasteiger partial charge in [-0.05, 0) is 70.3 Å². The van der Waals surface area contributed by atoms with Gasteiger partial charge in [0.1, 0.15) is 23.3 Å². The highest BCUT2D eigenvalue weighted by molar-refractivity contribution is 9.10. The topological polar surface area (TPSA) is 48.0 Å². The van der Waals surface area contributed by atoms with Crippen molar-refractivity contribution in [2.24, 2.45) is 0 Å². The second-order valence-electron chi connectivity index (χ2n) is 7.76. The molecule has 1 aliphatic rings. The molecule has 0 aliphatic carbocycles. The van der Waals surface area contributed by atoms with E-state index < -0.39 is 0 Å². The molecule has 174 valence electrons. The van der Waals surface area contributed by atoms with Gasteiger partial charge in [0.2, 0.25) is 0 Å². The van der Waals surface area contributed by atoms with Crippen LogP contribution in [0.4, 0.5) is 14.6 Å². The van der Waals surface area contributed by atoms with Crippen molar-refractivity contribution in [2.75, 3.05) is 31.1 Å². The highest BCUT2D eigenvalue weighted by Crippen LogP contribution is 2.34. The number of aromatic nitrogens is 3. The van der Waals surface area contributed by atoms with Crippen molar-refractivity contribution < 1.29 is 8.78 Å². The highest BCUT2D eigenvalue weighted by Gasteiger charge is 2.20. The van der Waals surface area contributed by atoms with Crippen LogP contribution in [0, 0.1) is 11.6 Å². The molecule has 10 heteroatoms. The first-order valence-corrected chi connectivity index (χ1v) is 12.5. The summed E-state index contributed by atoms with van der Waals surface area (Å²) in [4.78, 5) is 15.0. The second kappa shape index (κ2) is 10.0. The van der Waals surface area contributed by atoms with Gasteiger partial charge in [-0.15, -0.1) is 0 Å². The normalized spacial score (nSPS) is 14.5. The Morgan fingerprint density at radius 2 is 1.71 bits per heavy atom. The lowest BCUT2D eigenvalue weighted by atomic mass is 10.2. The zero-order chi connectivity index (χ0) is 23.7. The van der Waals surface area contributed by atoms with E-state index in [9.17, 15) is 8.78 Å². The lowest BCUT2D eigenvalue weighted by Gasteiger charge is -2.34. The smallest absolute Gasteiger partial charge is 0.141 e. The molecule has 1 aliphatic heterocycles. The summed E-state index contributed by atoms with van der Waals surface area (Å²) in [6.07, 6.45) is 2.94. The van der Waals surface area contributed by atoms with Gasteiger partial charge in [-0.25, -0.2) is 23.1 Å². The minimum absolute atomic E-state index is 0.325. The summed E-state index contributed by atoms with van der Waals surface area (Å²) in [5.41, 5.74) is 2.34. The van der Waals surface area contributed by atoms with Crippen LogP contribution in [-0.2, 0) is 0 Å². The molecular weight excluding hydrogens is 544 g/mol. The molecule has 2 aromatic carbocycles. The van der Waals surface area contributed by atoms with Crippen molar-refractivity contribution in [3.8, 4) is 22.6 Å². The monoisotopic (exact) mass is 561 g/mol. The minimum atomic E-state index is -0.333. The van der Waals surface area contributed by atoms with Crippen molar-refractivity contribution >= 4 is 45.3 Å². The summed E-state index contributed by atoms with van der Waals surface area (Å²) in [6.45, 7) is 3.19. The van der Waals surface area contributed by atoms with Gasteiger partial charge < -0.3 is 9.88 Å². The molecule has 34 heavy (non-hydrogen) atoms. The first-order chi connectivity index (χ1) is 16.5. The van der Waals surface area contributed by atoms with E-state index in [4.69, 9.17) is 11.6 Å². The number of hydrogen-bond donors (Lipinski definition) is 1.